The maximum absolute atomic E-state index is 10.9. The van der Waals surface area contributed by atoms with E-state index in [1.54, 1.807) is 6.92 Å². The van der Waals surface area contributed by atoms with Gasteiger partial charge in [0.2, 0.25) is 6.29 Å². The Balaban J connectivity index is 1.96. The molecule has 4 unspecified atom stereocenters. The Labute approximate surface area is 133 Å². The van der Waals surface area contributed by atoms with Crippen LogP contribution in [0.3, 0.4) is 0 Å². The molecular weight excluding hydrogens is 304 g/mol. The summed E-state index contributed by atoms with van der Waals surface area (Å²) in [4.78, 5) is 10.4. The molecule has 4 atom stereocenters. The molecule has 1 aromatic rings. The van der Waals surface area contributed by atoms with Crippen molar-refractivity contribution in [2.45, 2.75) is 50.4 Å². The third kappa shape index (κ3) is 2.57. The number of hydrogen-bond donors (Lipinski definition) is 2. The van der Waals surface area contributed by atoms with Gasteiger partial charge in [0.05, 0.1) is 23.2 Å². The van der Waals surface area contributed by atoms with E-state index in [0.717, 1.165) is 0 Å². The molecule has 0 bridgehead atoms. The summed E-state index contributed by atoms with van der Waals surface area (Å²) in [5.41, 5.74) is 4.69. The van der Waals surface area contributed by atoms with Crippen molar-refractivity contribution in [2.75, 3.05) is 6.61 Å². The van der Waals surface area contributed by atoms with Crippen LogP contribution < -0.4 is 10.5 Å². The van der Waals surface area contributed by atoms with Gasteiger partial charge in [0.1, 0.15) is 11.9 Å². The maximum Gasteiger partial charge on any atom is 0.270 e. The average molecular weight is 324 g/mol. The van der Waals surface area contributed by atoms with E-state index in [-0.39, 0.29) is 5.69 Å². The van der Waals surface area contributed by atoms with Crippen molar-refractivity contribution in [3.8, 4) is 5.75 Å². The predicted octanol–water partition coefficient (Wildman–Crippen LogP) is 1.26. The average Bonchev–Trinajstić information content (AvgIpc) is 2.85. The van der Waals surface area contributed by atoms with Gasteiger partial charge in [0.15, 0.2) is 5.60 Å². The van der Waals surface area contributed by atoms with Gasteiger partial charge in [-0.05, 0) is 26.8 Å². The van der Waals surface area contributed by atoms with E-state index >= 15 is 0 Å². The van der Waals surface area contributed by atoms with E-state index in [1.165, 1.54) is 18.2 Å². The zero-order valence-electron chi connectivity index (χ0n) is 13.2. The molecule has 23 heavy (non-hydrogen) atoms. The minimum absolute atomic E-state index is 0.104. The number of ether oxygens (including phenoxy) is 3. The number of aliphatic hydroxyl groups is 1. The number of nitro benzene ring substituents is 1. The summed E-state index contributed by atoms with van der Waals surface area (Å²) in [6.07, 6.45) is -1.93. The first-order valence-electron chi connectivity index (χ1n) is 7.34. The lowest BCUT2D eigenvalue weighted by atomic mass is 9.85. The molecule has 126 valence electrons. The molecule has 8 heteroatoms. The Morgan fingerprint density at radius 3 is 2.65 bits per heavy atom. The van der Waals surface area contributed by atoms with Gasteiger partial charge in [-0.1, -0.05) is 0 Å². The number of nitrogens with two attached hydrogens (primary N) is 1. The molecule has 1 aromatic carbocycles. The van der Waals surface area contributed by atoms with Crippen LogP contribution in [0.5, 0.6) is 5.75 Å². The van der Waals surface area contributed by atoms with Gasteiger partial charge in [0.25, 0.3) is 5.69 Å². The zero-order chi connectivity index (χ0) is 17.0. The Hall–Kier alpha value is -1.74. The summed E-state index contributed by atoms with van der Waals surface area (Å²) < 4.78 is 17.4. The smallest absolute Gasteiger partial charge is 0.270 e. The Bertz CT molecular complexity index is 649. The zero-order valence-corrected chi connectivity index (χ0v) is 13.2. The van der Waals surface area contributed by atoms with Crippen molar-refractivity contribution < 1.29 is 24.2 Å². The van der Waals surface area contributed by atoms with Crippen LogP contribution in [-0.2, 0) is 9.47 Å². The summed E-state index contributed by atoms with van der Waals surface area (Å²) in [7, 11) is 0. The second-order valence-corrected chi connectivity index (χ2v) is 6.76. The van der Waals surface area contributed by atoms with E-state index in [9.17, 15) is 15.2 Å². The van der Waals surface area contributed by atoms with E-state index in [2.05, 4.69) is 0 Å². The molecule has 0 saturated carbocycles. The van der Waals surface area contributed by atoms with Gasteiger partial charge in [-0.2, -0.15) is 0 Å². The van der Waals surface area contributed by atoms with Gasteiger partial charge in [-0.3, -0.25) is 10.1 Å². The molecule has 3 N–H and O–H groups in total. The lowest BCUT2D eigenvalue weighted by Crippen LogP contribution is -2.60. The molecule has 0 aromatic heterocycles. The fourth-order valence-electron chi connectivity index (χ4n) is 2.93. The summed E-state index contributed by atoms with van der Waals surface area (Å²) in [6, 6.07) is 3.30. The molecular formula is C15H20N2O6. The topological polar surface area (TPSA) is 117 Å². The predicted molar refractivity (Wildman–Crippen MR) is 80.0 cm³/mol. The fraction of sp³-hybridized carbons (Fsp3) is 0.600. The number of nitro groups is 1. The van der Waals surface area contributed by atoms with Crippen molar-refractivity contribution in [3.63, 3.8) is 0 Å². The van der Waals surface area contributed by atoms with Gasteiger partial charge >= 0.3 is 0 Å². The summed E-state index contributed by atoms with van der Waals surface area (Å²) in [5.74, 6) is 0.382. The lowest BCUT2D eigenvalue weighted by molar-refractivity contribution is -0.385. The van der Waals surface area contributed by atoms with Crippen molar-refractivity contribution in [1.82, 2.24) is 0 Å². The Morgan fingerprint density at radius 1 is 1.39 bits per heavy atom. The van der Waals surface area contributed by atoms with Crippen molar-refractivity contribution in [2.24, 2.45) is 5.73 Å². The second kappa shape index (κ2) is 5.13. The minimum Gasteiger partial charge on any atom is -0.479 e. The number of fused-ring (bicyclic) bond motifs is 1. The Morgan fingerprint density at radius 2 is 2.09 bits per heavy atom. The number of rotatable bonds is 2. The quantitative estimate of drug-likeness (QED) is 0.621. The molecule has 8 nitrogen and oxygen atoms in total. The molecule has 2 aliphatic heterocycles. The minimum atomic E-state index is -1.21. The van der Waals surface area contributed by atoms with E-state index in [0.29, 0.717) is 17.9 Å². The molecule has 0 radical (unpaired) electrons. The van der Waals surface area contributed by atoms with Crippen LogP contribution in [0, 0.1) is 10.1 Å². The summed E-state index contributed by atoms with van der Waals surface area (Å²) in [5, 5.41) is 21.5. The highest BCUT2D eigenvalue weighted by Gasteiger charge is 2.55. The third-order valence-corrected chi connectivity index (χ3v) is 4.30. The van der Waals surface area contributed by atoms with Crippen LogP contribution in [-0.4, -0.2) is 40.2 Å². The number of nitrogens with zero attached hydrogens (tertiary/aromatic N) is 1. The van der Waals surface area contributed by atoms with Gasteiger partial charge in [0, 0.05) is 17.7 Å². The molecule has 1 saturated heterocycles. The van der Waals surface area contributed by atoms with Crippen LogP contribution in [0.15, 0.2) is 18.2 Å². The third-order valence-electron chi connectivity index (χ3n) is 4.30. The van der Waals surface area contributed by atoms with E-state index in [1.807, 2.05) is 13.8 Å². The highest BCUT2D eigenvalue weighted by atomic mass is 16.8. The van der Waals surface area contributed by atoms with Crippen LogP contribution >= 0.6 is 0 Å². The number of non-ortho nitro benzene ring substituents is 1. The first-order chi connectivity index (χ1) is 10.6. The summed E-state index contributed by atoms with van der Waals surface area (Å²) in [6.45, 7) is 5.78. The molecule has 2 heterocycles. The van der Waals surface area contributed by atoms with Crippen LogP contribution in [0.2, 0.25) is 0 Å². The standard InChI is InChI=1S/C15H20N2O6/c1-14(2)7-21-13(23-14)15(3)12(18)11(16)9-6-8(17(19)20)4-5-10(9)22-15/h4-6,11-13,18H,7,16H2,1-3H3. The van der Waals surface area contributed by atoms with E-state index < -0.39 is 34.6 Å². The normalized spacial score (nSPS) is 35.4. The lowest BCUT2D eigenvalue weighted by Gasteiger charge is -2.45. The second-order valence-electron chi connectivity index (χ2n) is 6.76. The van der Waals surface area contributed by atoms with Crippen LogP contribution in [0.4, 0.5) is 5.69 Å². The SMILES string of the molecule is CC1(C)COC(C2(C)Oc3ccc([N+](=O)[O-])cc3C(N)C2O)O1. The first-order valence-corrected chi connectivity index (χ1v) is 7.34. The molecule has 2 aliphatic rings. The highest BCUT2D eigenvalue weighted by molar-refractivity contribution is 5.48. The van der Waals surface area contributed by atoms with E-state index in [4.69, 9.17) is 19.9 Å². The molecule has 0 aliphatic carbocycles. The van der Waals surface area contributed by atoms with Crippen LogP contribution in [0.25, 0.3) is 0 Å². The van der Waals surface area contributed by atoms with Gasteiger partial charge in [-0.25, -0.2) is 0 Å². The number of aliphatic hydroxyl groups excluding tert-OH is 1. The number of benzene rings is 1. The highest BCUT2D eigenvalue weighted by Crippen LogP contribution is 2.44. The van der Waals surface area contributed by atoms with Crippen LogP contribution in [0.1, 0.15) is 32.4 Å². The molecule has 1 fully saturated rings. The monoisotopic (exact) mass is 324 g/mol. The van der Waals surface area contributed by atoms with Crippen molar-refractivity contribution >= 4 is 5.69 Å². The fourth-order valence-corrected chi connectivity index (χ4v) is 2.93. The largest absolute Gasteiger partial charge is 0.479 e. The van der Waals surface area contributed by atoms with Gasteiger partial charge in [-0.15, -0.1) is 0 Å². The Kier molecular flexibility index (Phi) is 3.60. The molecule has 0 amide bonds. The molecule has 3 rings (SSSR count). The first kappa shape index (κ1) is 16.1. The maximum atomic E-state index is 10.9. The van der Waals surface area contributed by atoms with Crippen molar-refractivity contribution in [3.05, 3.63) is 33.9 Å². The van der Waals surface area contributed by atoms with Crippen molar-refractivity contribution in [1.29, 1.82) is 0 Å². The van der Waals surface area contributed by atoms with Gasteiger partial charge < -0.3 is 25.1 Å². The molecule has 0 spiro atoms. The summed E-state index contributed by atoms with van der Waals surface area (Å²) >= 11 is 0. The number of hydrogen-bond acceptors (Lipinski definition) is 7.